The zero-order valence-electron chi connectivity index (χ0n) is 24.3. The Balaban J connectivity index is 1.85. The summed E-state index contributed by atoms with van der Waals surface area (Å²) in [5.41, 5.74) is 2.17. The van der Waals surface area contributed by atoms with Gasteiger partial charge in [-0.2, -0.15) is 12.6 Å². The van der Waals surface area contributed by atoms with Gasteiger partial charge in [0.1, 0.15) is 0 Å². The quantitative estimate of drug-likeness (QED) is 0.267. The van der Waals surface area contributed by atoms with Gasteiger partial charge in [-0.25, -0.2) is 0 Å². The van der Waals surface area contributed by atoms with Crippen LogP contribution in [0.25, 0.3) is 0 Å². The largest absolute Gasteiger partial charge is 0.176 e. The lowest BCUT2D eigenvalue weighted by atomic mass is 9.45. The Labute approximate surface area is 220 Å². The van der Waals surface area contributed by atoms with E-state index in [2.05, 4.69) is 61.5 Å². The predicted octanol–water partition coefficient (Wildman–Crippen LogP) is 10.6. The Kier molecular flexibility index (Phi) is 10.6. The molecule has 3 aliphatic carbocycles. The molecule has 0 N–H and O–H groups in total. The van der Waals surface area contributed by atoms with Crippen molar-refractivity contribution in [1.29, 1.82) is 0 Å². The molecule has 2 fully saturated rings. The van der Waals surface area contributed by atoms with Crippen molar-refractivity contribution in [3.05, 3.63) is 11.6 Å². The van der Waals surface area contributed by atoms with E-state index in [1.165, 1.54) is 77.0 Å². The fraction of sp³-hybridized carbons (Fsp3) is 0.939. The Morgan fingerprint density at radius 1 is 0.971 bits per heavy atom. The van der Waals surface area contributed by atoms with Gasteiger partial charge >= 0.3 is 0 Å². The SMILES string of the molecule is C/C1=C\C(CC(C)C)C2C(CCC[C@H](S)C1)CC[C@@]1(C)C2CCC([C@H](C)CCCC(C)C)[C@@H]1C. The van der Waals surface area contributed by atoms with Gasteiger partial charge in [0.15, 0.2) is 0 Å². The standard InChI is InChI=1S/C33H60S/c1-22(2)11-9-12-25(6)30-15-16-31-32-27(17-18-33(31,8)26(30)7)13-10-14-29(34)21-24(5)20-28(32)19-23(3)4/h20,22-23,25-32,34H,9-19,21H2,1-8H3/b24-20+/t25-,26+,27?,28?,29+,30?,31?,32?,33-/m1/s1. The number of fused-ring (bicyclic) bond motifs is 3. The van der Waals surface area contributed by atoms with Crippen LogP contribution in [0.1, 0.15) is 132 Å². The summed E-state index contributed by atoms with van der Waals surface area (Å²) in [6.45, 7) is 20.1. The summed E-state index contributed by atoms with van der Waals surface area (Å²) in [5, 5.41) is 0.564. The van der Waals surface area contributed by atoms with Crippen molar-refractivity contribution >= 4 is 12.6 Å². The van der Waals surface area contributed by atoms with Crippen LogP contribution in [0, 0.1) is 58.7 Å². The van der Waals surface area contributed by atoms with Crippen LogP contribution < -0.4 is 0 Å². The molecule has 0 amide bonds. The van der Waals surface area contributed by atoms with E-state index in [9.17, 15) is 0 Å². The molecule has 1 heteroatoms. The lowest BCUT2D eigenvalue weighted by Gasteiger charge is -2.60. The third-order valence-corrected chi connectivity index (χ3v) is 11.4. The van der Waals surface area contributed by atoms with E-state index in [0.29, 0.717) is 10.7 Å². The molecule has 9 atom stereocenters. The van der Waals surface area contributed by atoms with Crippen LogP contribution in [0.4, 0.5) is 0 Å². The number of hydrogen-bond acceptors (Lipinski definition) is 1. The van der Waals surface area contributed by atoms with E-state index in [1.54, 1.807) is 5.57 Å². The van der Waals surface area contributed by atoms with Crippen molar-refractivity contribution in [3.63, 3.8) is 0 Å². The fourth-order valence-electron chi connectivity index (χ4n) is 9.07. The molecule has 0 aliphatic heterocycles. The van der Waals surface area contributed by atoms with Crippen LogP contribution in [-0.4, -0.2) is 5.25 Å². The molecule has 0 nitrogen and oxygen atoms in total. The van der Waals surface area contributed by atoms with Gasteiger partial charge in [0, 0.05) is 5.25 Å². The Morgan fingerprint density at radius 3 is 2.38 bits per heavy atom. The number of thiol groups is 1. The minimum Gasteiger partial charge on any atom is -0.176 e. The molecule has 0 heterocycles. The van der Waals surface area contributed by atoms with Crippen LogP contribution >= 0.6 is 12.6 Å². The first-order valence-electron chi connectivity index (χ1n) is 15.4. The van der Waals surface area contributed by atoms with Crippen LogP contribution in [0.2, 0.25) is 0 Å². The smallest absolute Gasteiger partial charge is 0.00538 e. The van der Waals surface area contributed by atoms with Crippen LogP contribution in [0.3, 0.4) is 0 Å². The van der Waals surface area contributed by atoms with Crippen LogP contribution in [-0.2, 0) is 0 Å². The van der Waals surface area contributed by atoms with Gasteiger partial charge in [-0.15, -0.1) is 0 Å². The first kappa shape index (κ1) is 28.7. The van der Waals surface area contributed by atoms with Gasteiger partial charge in [-0.3, -0.25) is 0 Å². The van der Waals surface area contributed by atoms with Crippen molar-refractivity contribution in [2.45, 2.75) is 138 Å². The molecule has 34 heavy (non-hydrogen) atoms. The van der Waals surface area contributed by atoms with E-state index in [4.69, 9.17) is 12.6 Å². The molecule has 0 aromatic carbocycles. The Morgan fingerprint density at radius 2 is 1.71 bits per heavy atom. The maximum Gasteiger partial charge on any atom is 0.00538 e. The van der Waals surface area contributed by atoms with Gasteiger partial charge in [0.25, 0.3) is 0 Å². The number of rotatable bonds is 7. The van der Waals surface area contributed by atoms with Crippen LogP contribution in [0.15, 0.2) is 11.6 Å². The highest BCUT2D eigenvalue weighted by Gasteiger charge is 2.54. The summed E-state index contributed by atoms with van der Waals surface area (Å²) in [4.78, 5) is 0. The Bertz CT molecular complexity index is 647. The van der Waals surface area contributed by atoms with E-state index in [0.717, 1.165) is 53.3 Å². The van der Waals surface area contributed by atoms with Crippen molar-refractivity contribution in [2.24, 2.45) is 58.7 Å². The average molecular weight is 489 g/mol. The topological polar surface area (TPSA) is 0 Å². The van der Waals surface area contributed by atoms with Gasteiger partial charge < -0.3 is 0 Å². The van der Waals surface area contributed by atoms with Gasteiger partial charge in [0.2, 0.25) is 0 Å². The first-order valence-corrected chi connectivity index (χ1v) is 15.9. The molecular formula is C33H60S. The minimum absolute atomic E-state index is 0.545. The van der Waals surface area contributed by atoms with E-state index < -0.39 is 0 Å². The minimum atomic E-state index is 0.545. The molecule has 0 aromatic heterocycles. The predicted molar refractivity (Wildman–Crippen MR) is 155 cm³/mol. The second kappa shape index (κ2) is 12.6. The van der Waals surface area contributed by atoms with Crippen molar-refractivity contribution in [2.75, 3.05) is 0 Å². The highest BCUT2D eigenvalue weighted by Crippen LogP contribution is 2.62. The second-order valence-corrected chi connectivity index (χ2v) is 15.1. The third-order valence-electron chi connectivity index (χ3n) is 11.0. The van der Waals surface area contributed by atoms with Gasteiger partial charge in [0.05, 0.1) is 0 Å². The molecule has 3 aliphatic rings. The van der Waals surface area contributed by atoms with Crippen molar-refractivity contribution in [1.82, 2.24) is 0 Å². The molecule has 0 aromatic rings. The van der Waals surface area contributed by atoms with Crippen molar-refractivity contribution in [3.8, 4) is 0 Å². The lowest BCUT2D eigenvalue weighted by molar-refractivity contribution is -0.105. The fourth-order valence-corrected chi connectivity index (χ4v) is 9.54. The lowest BCUT2D eigenvalue weighted by Crippen LogP contribution is -2.52. The molecule has 5 unspecified atom stereocenters. The highest BCUT2D eigenvalue weighted by molar-refractivity contribution is 7.80. The average Bonchev–Trinajstić information content (AvgIpc) is 2.73. The van der Waals surface area contributed by atoms with E-state index >= 15 is 0 Å². The number of allylic oxidation sites excluding steroid dienone is 2. The molecule has 0 spiro atoms. The monoisotopic (exact) mass is 488 g/mol. The molecule has 198 valence electrons. The van der Waals surface area contributed by atoms with Gasteiger partial charge in [-0.1, -0.05) is 92.2 Å². The normalized spacial score (nSPS) is 42.0. The molecule has 0 bridgehead atoms. The summed E-state index contributed by atoms with van der Waals surface area (Å²) in [6.07, 6.45) is 19.7. The molecule has 0 radical (unpaired) electrons. The Hall–Kier alpha value is 0.0900. The summed E-state index contributed by atoms with van der Waals surface area (Å²) < 4.78 is 0. The van der Waals surface area contributed by atoms with Gasteiger partial charge in [-0.05, 0) is 111 Å². The maximum absolute atomic E-state index is 4.96. The molecule has 3 rings (SSSR count). The zero-order chi connectivity index (χ0) is 25.0. The first-order chi connectivity index (χ1) is 16.0. The molecular weight excluding hydrogens is 428 g/mol. The summed E-state index contributed by atoms with van der Waals surface area (Å²) in [6, 6.07) is 0. The summed E-state index contributed by atoms with van der Waals surface area (Å²) >= 11 is 4.96. The zero-order valence-corrected chi connectivity index (χ0v) is 25.2. The van der Waals surface area contributed by atoms with Crippen molar-refractivity contribution < 1.29 is 0 Å². The summed E-state index contributed by atoms with van der Waals surface area (Å²) in [7, 11) is 0. The summed E-state index contributed by atoms with van der Waals surface area (Å²) in [5.74, 6) is 7.91. The third kappa shape index (κ3) is 6.89. The molecule has 0 saturated heterocycles. The highest BCUT2D eigenvalue weighted by atomic mass is 32.1. The number of hydrogen-bond donors (Lipinski definition) is 1. The second-order valence-electron chi connectivity index (χ2n) is 14.4. The molecule has 2 saturated carbocycles. The van der Waals surface area contributed by atoms with Crippen LogP contribution in [0.5, 0.6) is 0 Å². The van der Waals surface area contributed by atoms with E-state index in [1.807, 2.05) is 0 Å². The maximum atomic E-state index is 4.96. The van der Waals surface area contributed by atoms with E-state index in [-0.39, 0.29) is 0 Å².